The van der Waals surface area contributed by atoms with Gasteiger partial charge in [-0.2, -0.15) is 5.10 Å². The van der Waals surface area contributed by atoms with E-state index in [1.807, 2.05) is 66.7 Å². The third-order valence-electron chi connectivity index (χ3n) is 7.01. The van der Waals surface area contributed by atoms with Crippen LogP contribution in [0.4, 0.5) is 4.79 Å². The molecule has 0 aromatic heterocycles. The molecular formula is C30H26N4O4. The van der Waals surface area contributed by atoms with Crippen molar-refractivity contribution in [1.82, 2.24) is 9.80 Å². The Balaban J connectivity index is 1.52. The van der Waals surface area contributed by atoms with Crippen molar-refractivity contribution in [3.05, 3.63) is 119 Å². The minimum atomic E-state index is -1.26. The van der Waals surface area contributed by atoms with Gasteiger partial charge in [0.15, 0.2) is 0 Å². The number of hydrazone groups is 1. The summed E-state index contributed by atoms with van der Waals surface area (Å²) in [6.45, 7) is 1.91. The van der Waals surface area contributed by atoms with E-state index in [0.29, 0.717) is 11.1 Å². The van der Waals surface area contributed by atoms with Crippen LogP contribution in [0, 0.1) is 0 Å². The van der Waals surface area contributed by atoms with E-state index >= 15 is 0 Å². The van der Waals surface area contributed by atoms with E-state index in [1.165, 1.54) is 21.9 Å². The van der Waals surface area contributed by atoms with Gasteiger partial charge in [0.05, 0.1) is 18.3 Å². The molecule has 3 amide bonds. The molecule has 190 valence electrons. The Kier molecular flexibility index (Phi) is 6.38. The fourth-order valence-corrected chi connectivity index (χ4v) is 4.96. The number of carbonyl (C=O) groups is 3. The largest absolute Gasteiger partial charge is 0.478 e. The molecule has 1 saturated heterocycles. The van der Waals surface area contributed by atoms with Gasteiger partial charge in [-0.15, -0.1) is 0 Å². The normalized spacial score (nSPS) is 17.6. The molecule has 1 aliphatic rings. The highest BCUT2D eigenvalue weighted by atomic mass is 16.4. The maximum absolute atomic E-state index is 14.0. The summed E-state index contributed by atoms with van der Waals surface area (Å²) in [6.07, 6.45) is 1.56. The molecule has 0 aliphatic carbocycles. The van der Waals surface area contributed by atoms with Gasteiger partial charge >= 0.3 is 12.0 Å². The molecule has 1 fully saturated rings. The molecule has 1 atom stereocenters. The number of nitrogens with two attached hydrogens (primary N) is 1. The molecule has 0 spiro atoms. The van der Waals surface area contributed by atoms with Crippen LogP contribution in [-0.4, -0.2) is 39.0 Å². The van der Waals surface area contributed by atoms with Crippen LogP contribution < -0.4 is 5.84 Å². The second-order valence-electron chi connectivity index (χ2n) is 9.42. The second-order valence-corrected chi connectivity index (χ2v) is 9.42. The van der Waals surface area contributed by atoms with Gasteiger partial charge in [0, 0.05) is 6.54 Å². The van der Waals surface area contributed by atoms with E-state index in [0.717, 1.165) is 21.9 Å². The second kappa shape index (κ2) is 9.82. The number of hydrogen-bond acceptors (Lipinski definition) is 5. The van der Waals surface area contributed by atoms with E-state index < -0.39 is 17.5 Å². The Hall–Kier alpha value is -4.98. The van der Waals surface area contributed by atoms with E-state index in [-0.39, 0.29) is 24.6 Å². The standard InChI is InChI=1S/C30H26N4O4/c1-30(26-8-3-2-4-9-26)28(37)33(29(38)34(30)19-21-6-5-7-24(15-21)27(35)36)18-22-11-13-23-12-10-20(17-32-31)14-25(23)16-22/h2-17H,18-19,31H2,1H3,(H,35,36). The van der Waals surface area contributed by atoms with E-state index in [4.69, 9.17) is 5.84 Å². The fourth-order valence-electron chi connectivity index (χ4n) is 4.96. The van der Waals surface area contributed by atoms with Crippen molar-refractivity contribution in [3.63, 3.8) is 0 Å². The molecule has 1 unspecified atom stereocenters. The lowest BCUT2D eigenvalue weighted by Gasteiger charge is -2.32. The molecular weight excluding hydrogens is 480 g/mol. The van der Waals surface area contributed by atoms with Gasteiger partial charge in [-0.1, -0.05) is 66.7 Å². The first kappa shape index (κ1) is 24.7. The number of rotatable bonds is 7. The van der Waals surface area contributed by atoms with Crippen LogP contribution in [0.1, 0.15) is 39.5 Å². The highest BCUT2D eigenvalue weighted by molar-refractivity contribution is 6.07. The lowest BCUT2D eigenvalue weighted by atomic mass is 9.90. The maximum Gasteiger partial charge on any atom is 0.335 e. The van der Waals surface area contributed by atoms with Crippen molar-refractivity contribution >= 4 is 34.9 Å². The van der Waals surface area contributed by atoms with Gasteiger partial charge < -0.3 is 15.8 Å². The van der Waals surface area contributed by atoms with Crippen molar-refractivity contribution in [2.45, 2.75) is 25.6 Å². The Morgan fingerprint density at radius 1 is 0.895 bits per heavy atom. The lowest BCUT2D eigenvalue weighted by Crippen LogP contribution is -2.43. The lowest BCUT2D eigenvalue weighted by molar-refractivity contribution is -0.133. The predicted octanol–water partition coefficient (Wildman–Crippen LogP) is 4.71. The van der Waals surface area contributed by atoms with E-state index in [9.17, 15) is 19.5 Å². The van der Waals surface area contributed by atoms with Crippen LogP contribution in [-0.2, 0) is 23.4 Å². The van der Waals surface area contributed by atoms with Crippen molar-refractivity contribution in [3.8, 4) is 0 Å². The molecule has 8 heteroatoms. The zero-order valence-electron chi connectivity index (χ0n) is 20.7. The third-order valence-corrected chi connectivity index (χ3v) is 7.01. The predicted molar refractivity (Wildman–Crippen MR) is 144 cm³/mol. The number of fused-ring (bicyclic) bond motifs is 1. The average molecular weight is 507 g/mol. The van der Waals surface area contributed by atoms with Crippen molar-refractivity contribution < 1.29 is 19.5 Å². The summed E-state index contributed by atoms with van der Waals surface area (Å²) in [7, 11) is 0. The molecule has 1 heterocycles. The number of urea groups is 1. The maximum atomic E-state index is 14.0. The summed E-state index contributed by atoms with van der Waals surface area (Å²) >= 11 is 0. The van der Waals surface area contributed by atoms with Gasteiger partial charge in [-0.3, -0.25) is 9.69 Å². The zero-order chi connectivity index (χ0) is 26.9. The highest BCUT2D eigenvalue weighted by Crippen LogP contribution is 2.39. The van der Waals surface area contributed by atoms with Gasteiger partial charge in [0.25, 0.3) is 5.91 Å². The van der Waals surface area contributed by atoms with Crippen LogP contribution >= 0.6 is 0 Å². The van der Waals surface area contributed by atoms with Crippen LogP contribution in [0.2, 0.25) is 0 Å². The summed E-state index contributed by atoms with van der Waals surface area (Å²) in [6, 6.07) is 26.7. The Morgan fingerprint density at radius 3 is 2.37 bits per heavy atom. The van der Waals surface area contributed by atoms with Gasteiger partial charge in [-0.05, 0) is 64.2 Å². The summed E-state index contributed by atoms with van der Waals surface area (Å²) in [5, 5.41) is 14.9. The van der Waals surface area contributed by atoms with Crippen molar-refractivity contribution in [2.75, 3.05) is 0 Å². The van der Waals surface area contributed by atoms with Crippen LogP contribution in [0.15, 0.2) is 96.1 Å². The molecule has 4 aromatic rings. The fraction of sp³-hybridized carbons (Fsp3) is 0.133. The number of nitrogens with zero attached hydrogens (tertiary/aromatic N) is 3. The number of aromatic carboxylic acids is 1. The van der Waals surface area contributed by atoms with Crippen molar-refractivity contribution in [1.29, 1.82) is 0 Å². The number of benzene rings is 4. The molecule has 8 nitrogen and oxygen atoms in total. The van der Waals surface area contributed by atoms with Gasteiger partial charge in [0.2, 0.25) is 0 Å². The van der Waals surface area contributed by atoms with Gasteiger partial charge in [-0.25, -0.2) is 9.59 Å². The Labute approximate surface area is 219 Å². The van der Waals surface area contributed by atoms with Gasteiger partial charge in [0.1, 0.15) is 5.54 Å². The zero-order valence-corrected chi connectivity index (χ0v) is 20.7. The topological polar surface area (TPSA) is 116 Å². The summed E-state index contributed by atoms with van der Waals surface area (Å²) in [4.78, 5) is 42.1. The number of carboxylic acid groups (broad SMARTS) is 1. The molecule has 0 saturated carbocycles. The minimum absolute atomic E-state index is 0.0765. The average Bonchev–Trinajstić information content (AvgIpc) is 3.10. The molecule has 3 N–H and O–H groups in total. The molecule has 1 aliphatic heterocycles. The smallest absolute Gasteiger partial charge is 0.335 e. The summed E-state index contributed by atoms with van der Waals surface area (Å²) in [5.41, 5.74) is 1.80. The highest BCUT2D eigenvalue weighted by Gasteiger charge is 2.55. The van der Waals surface area contributed by atoms with Crippen LogP contribution in [0.25, 0.3) is 10.8 Å². The first-order valence-electron chi connectivity index (χ1n) is 12.1. The molecule has 38 heavy (non-hydrogen) atoms. The monoisotopic (exact) mass is 506 g/mol. The summed E-state index contributed by atoms with van der Waals surface area (Å²) < 4.78 is 0. The number of amides is 3. The number of carboxylic acids is 1. The third kappa shape index (κ3) is 4.37. The Morgan fingerprint density at radius 2 is 1.63 bits per heavy atom. The first-order valence-corrected chi connectivity index (χ1v) is 12.1. The van der Waals surface area contributed by atoms with Crippen LogP contribution in [0.3, 0.4) is 0 Å². The van der Waals surface area contributed by atoms with E-state index in [2.05, 4.69) is 5.10 Å². The molecule has 4 aromatic carbocycles. The number of hydrogen-bond donors (Lipinski definition) is 2. The van der Waals surface area contributed by atoms with E-state index in [1.54, 1.807) is 25.3 Å². The minimum Gasteiger partial charge on any atom is -0.478 e. The van der Waals surface area contributed by atoms with Crippen LogP contribution in [0.5, 0.6) is 0 Å². The quantitative estimate of drug-likeness (QED) is 0.163. The van der Waals surface area contributed by atoms with Crippen molar-refractivity contribution in [2.24, 2.45) is 10.9 Å². The SMILES string of the molecule is CC1(c2ccccc2)C(=O)N(Cc2ccc3ccc(C=NN)cc3c2)C(=O)N1Cc1cccc(C(=O)O)c1. The number of carbonyl (C=O) groups excluding carboxylic acids is 2. The number of imide groups is 1. The molecule has 0 radical (unpaired) electrons. The Bertz CT molecular complexity index is 1580. The first-order chi connectivity index (χ1) is 18.3. The molecule has 5 rings (SSSR count). The molecule has 0 bridgehead atoms. The summed E-state index contributed by atoms with van der Waals surface area (Å²) in [5.74, 6) is 3.90.